The Hall–Kier alpha value is -3.00. The summed E-state index contributed by atoms with van der Waals surface area (Å²) in [6.45, 7) is 1.94. The number of hydrogen-bond donors (Lipinski definition) is 2. The molecule has 0 aliphatic carbocycles. The number of pyridine rings is 1. The fraction of sp³-hybridized carbons (Fsp3) is 0.364. The van der Waals surface area contributed by atoms with Crippen molar-refractivity contribution in [3.63, 3.8) is 0 Å². The minimum atomic E-state index is -0.00311. The predicted molar refractivity (Wildman–Crippen MR) is 116 cm³/mol. The normalized spacial score (nSPS) is 14.6. The molecule has 1 saturated heterocycles. The molecule has 2 amide bonds. The number of thiophene rings is 1. The molecule has 0 atom stereocenters. The number of nitrogens with one attached hydrogen (secondary N) is 2. The number of amides is 2. The SMILES string of the molecule is O=C(CCC1CCN(C(=O)c2cc(-c3ccsc3)n[nH]2)CC1)NCc1cccnc1. The summed E-state index contributed by atoms with van der Waals surface area (Å²) in [6.07, 6.45) is 6.70. The lowest BCUT2D eigenvalue weighted by Gasteiger charge is -2.31. The first kappa shape index (κ1) is 20.3. The van der Waals surface area contributed by atoms with E-state index < -0.39 is 0 Å². The third kappa shape index (κ3) is 5.13. The van der Waals surface area contributed by atoms with E-state index in [-0.39, 0.29) is 11.8 Å². The number of H-pyrrole nitrogens is 1. The van der Waals surface area contributed by atoms with Crippen molar-refractivity contribution in [1.82, 2.24) is 25.4 Å². The molecule has 4 rings (SSSR count). The largest absolute Gasteiger partial charge is 0.352 e. The van der Waals surface area contributed by atoms with Gasteiger partial charge in [-0.1, -0.05) is 6.07 Å². The highest BCUT2D eigenvalue weighted by atomic mass is 32.1. The van der Waals surface area contributed by atoms with Gasteiger partial charge >= 0.3 is 0 Å². The Bertz CT molecular complexity index is 963. The van der Waals surface area contributed by atoms with Gasteiger partial charge < -0.3 is 10.2 Å². The quantitative estimate of drug-likeness (QED) is 0.609. The molecule has 3 aromatic heterocycles. The average molecular weight is 424 g/mol. The van der Waals surface area contributed by atoms with Crippen molar-refractivity contribution < 1.29 is 9.59 Å². The van der Waals surface area contributed by atoms with E-state index in [1.54, 1.807) is 23.7 Å². The number of hydrogen-bond acceptors (Lipinski definition) is 5. The second kappa shape index (κ2) is 9.67. The molecule has 0 aromatic carbocycles. The van der Waals surface area contributed by atoms with E-state index in [1.165, 1.54) is 0 Å². The van der Waals surface area contributed by atoms with Gasteiger partial charge in [0.05, 0.1) is 5.69 Å². The number of piperidine rings is 1. The summed E-state index contributed by atoms with van der Waals surface area (Å²) < 4.78 is 0. The summed E-state index contributed by atoms with van der Waals surface area (Å²) in [5.74, 6) is 0.536. The molecular formula is C22H25N5O2S. The van der Waals surface area contributed by atoms with Crippen molar-refractivity contribution in [3.05, 3.63) is 58.7 Å². The third-order valence-corrected chi connectivity index (χ3v) is 6.20. The number of nitrogens with zero attached hydrogens (tertiary/aromatic N) is 3. The second-order valence-corrected chi connectivity index (χ2v) is 8.37. The Morgan fingerprint density at radius 3 is 2.87 bits per heavy atom. The van der Waals surface area contributed by atoms with Crippen molar-refractivity contribution in [3.8, 4) is 11.3 Å². The Morgan fingerprint density at radius 1 is 1.27 bits per heavy atom. The lowest BCUT2D eigenvalue weighted by molar-refractivity contribution is -0.121. The number of carbonyl (C=O) groups excluding carboxylic acids is 2. The van der Waals surface area contributed by atoms with Crippen LogP contribution in [-0.2, 0) is 11.3 Å². The maximum Gasteiger partial charge on any atom is 0.271 e. The van der Waals surface area contributed by atoms with Crippen molar-refractivity contribution >= 4 is 23.2 Å². The van der Waals surface area contributed by atoms with Gasteiger partial charge in [0.15, 0.2) is 0 Å². The van der Waals surface area contributed by atoms with Gasteiger partial charge in [0.2, 0.25) is 5.91 Å². The van der Waals surface area contributed by atoms with E-state index in [1.807, 2.05) is 39.9 Å². The molecule has 1 fully saturated rings. The molecule has 4 heterocycles. The van der Waals surface area contributed by atoms with E-state index in [2.05, 4.69) is 20.5 Å². The minimum Gasteiger partial charge on any atom is -0.352 e. The zero-order valence-corrected chi connectivity index (χ0v) is 17.5. The third-order valence-electron chi connectivity index (χ3n) is 5.52. The number of aromatic nitrogens is 3. The van der Waals surface area contributed by atoms with Gasteiger partial charge in [0.1, 0.15) is 5.69 Å². The molecule has 3 aromatic rings. The molecule has 0 bridgehead atoms. The van der Waals surface area contributed by atoms with Crippen molar-refractivity contribution in [2.24, 2.45) is 5.92 Å². The Kier molecular flexibility index (Phi) is 6.53. The fourth-order valence-electron chi connectivity index (χ4n) is 3.71. The summed E-state index contributed by atoms with van der Waals surface area (Å²) in [6, 6.07) is 7.63. The minimum absolute atomic E-state index is 0.00311. The maximum atomic E-state index is 12.8. The zero-order valence-electron chi connectivity index (χ0n) is 16.7. The summed E-state index contributed by atoms with van der Waals surface area (Å²) in [4.78, 5) is 30.8. The van der Waals surface area contributed by atoms with Crippen molar-refractivity contribution in [2.75, 3.05) is 13.1 Å². The Labute approximate surface area is 179 Å². The first-order chi connectivity index (χ1) is 14.7. The van der Waals surface area contributed by atoms with Crippen molar-refractivity contribution in [2.45, 2.75) is 32.2 Å². The topological polar surface area (TPSA) is 91.0 Å². The van der Waals surface area contributed by atoms with E-state index in [0.717, 1.165) is 36.1 Å². The van der Waals surface area contributed by atoms with Gasteiger partial charge in [-0.3, -0.25) is 19.7 Å². The van der Waals surface area contributed by atoms with E-state index in [0.29, 0.717) is 37.7 Å². The van der Waals surface area contributed by atoms with Crippen LogP contribution >= 0.6 is 11.3 Å². The smallest absolute Gasteiger partial charge is 0.271 e. The van der Waals surface area contributed by atoms with Gasteiger partial charge in [0.25, 0.3) is 5.91 Å². The number of carbonyl (C=O) groups is 2. The first-order valence-electron chi connectivity index (χ1n) is 10.2. The molecular weight excluding hydrogens is 398 g/mol. The lowest BCUT2D eigenvalue weighted by Crippen LogP contribution is -2.38. The average Bonchev–Trinajstić information content (AvgIpc) is 3.49. The summed E-state index contributed by atoms with van der Waals surface area (Å²) in [5, 5.41) is 14.1. The van der Waals surface area contributed by atoms with Gasteiger partial charge in [-0.2, -0.15) is 16.4 Å². The fourth-order valence-corrected chi connectivity index (χ4v) is 4.36. The first-order valence-corrected chi connectivity index (χ1v) is 11.2. The van der Waals surface area contributed by atoms with Crippen LogP contribution in [0.5, 0.6) is 0 Å². The second-order valence-electron chi connectivity index (χ2n) is 7.59. The molecule has 0 spiro atoms. The van der Waals surface area contributed by atoms with Crippen LogP contribution in [0.2, 0.25) is 0 Å². The van der Waals surface area contributed by atoms with Crippen molar-refractivity contribution in [1.29, 1.82) is 0 Å². The molecule has 1 aliphatic rings. The van der Waals surface area contributed by atoms with Crippen LogP contribution in [0, 0.1) is 5.92 Å². The molecule has 156 valence electrons. The highest BCUT2D eigenvalue weighted by Crippen LogP contribution is 2.24. The molecule has 8 heteroatoms. The summed E-state index contributed by atoms with van der Waals surface area (Å²) in [5.41, 5.74) is 3.35. The zero-order chi connectivity index (χ0) is 20.8. The predicted octanol–water partition coefficient (Wildman–Crippen LogP) is 3.48. The molecule has 7 nitrogen and oxygen atoms in total. The van der Waals surface area contributed by atoms with Gasteiger partial charge in [-0.25, -0.2) is 0 Å². The summed E-state index contributed by atoms with van der Waals surface area (Å²) in [7, 11) is 0. The van der Waals surface area contributed by atoms with Crippen LogP contribution in [0.15, 0.2) is 47.4 Å². The number of likely N-dealkylation sites (tertiary alicyclic amines) is 1. The lowest BCUT2D eigenvalue weighted by atomic mass is 9.92. The van der Waals surface area contributed by atoms with Crippen LogP contribution in [0.4, 0.5) is 0 Å². The molecule has 30 heavy (non-hydrogen) atoms. The monoisotopic (exact) mass is 423 g/mol. The van der Waals surface area contributed by atoms with Gasteiger partial charge in [-0.05, 0) is 54.3 Å². The van der Waals surface area contributed by atoms with Crippen LogP contribution in [-0.4, -0.2) is 45.0 Å². The Morgan fingerprint density at radius 2 is 2.13 bits per heavy atom. The standard InChI is InChI=1S/C22H25N5O2S/c28-21(24-14-17-2-1-8-23-13-17)4-3-16-5-9-27(10-6-16)22(29)20-12-19(25-26-20)18-7-11-30-15-18/h1-2,7-8,11-13,15-16H,3-6,9-10,14H2,(H,24,28)(H,25,26). The van der Waals surface area contributed by atoms with Crippen LogP contribution < -0.4 is 5.32 Å². The highest BCUT2D eigenvalue weighted by Gasteiger charge is 2.25. The highest BCUT2D eigenvalue weighted by molar-refractivity contribution is 7.08. The van der Waals surface area contributed by atoms with Crippen LogP contribution in [0.3, 0.4) is 0 Å². The number of aromatic amines is 1. The molecule has 0 saturated carbocycles. The van der Waals surface area contributed by atoms with Gasteiger partial charge in [-0.15, -0.1) is 0 Å². The van der Waals surface area contributed by atoms with Crippen LogP contribution in [0.1, 0.15) is 41.7 Å². The molecule has 2 N–H and O–H groups in total. The Balaban J connectivity index is 1.19. The van der Waals surface area contributed by atoms with Gasteiger partial charge in [0, 0.05) is 49.4 Å². The molecule has 0 unspecified atom stereocenters. The van der Waals surface area contributed by atoms with E-state index in [9.17, 15) is 9.59 Å². The molecule has 0 radical (unpaired) electrons. The molecule has 1 aliphatic heterocycles. The maximum absolute atomic E-state index is 12.8. The summed E-state index contributed by atoms with van der Waals surface area (Å²) >= 11 is 1.61. The number of rotatable bonds is 7. The van der Waals surface area contributed by atoms with E-state index in [4.69, 9.17) is 0 Å². The van der Waals surface area contributed by atoms with E-state index >= 15 is 0 Å². The van der Waals surface area contributed by atoms with Crippen LogP contribution in [0.25, 0.3) is 11.3 Å².